The van der Waals surface area contributed by atoms with Crippen LogP contribution in [0.1, 0.15) is 40.1 Å². The molecule has 2 heteroatoms. The predicted molar refractivity (Wildman–Crippen MR) is 61.6 cm³/mol. The van der Waals surface area contributed by atoms with Gasteiger partial charge in [-0.25, -0.2) is 0 Å². The van der Waals surface area contributed by atoms with Crippen molar-refractivity contribution >= 4 is 11.6 Å². The van der Waals surface area contributed by atoms with Crippen LogP contribution in [0.5, 0.6) is 0 Å². The van der Waals surface area contributed by atoms with Gasteiger partial charge in [0.1, 0.15) is 0 Å². The van der Waals surface area contributed by atoms with Crippen molar-refractivity contribution in [1.29, 1.82) is 0 Å². The fourth-order valence-electron chi connectivity index (χ4n) is 1.22. The van der Waals surface area contributed by atoms with Crippen LogP contribution in [0.4, 0.5) is 5.69 Å². The smallest absolute Gasteiger partial charge is 0.224 e. The minimum absolute atomic E-state index is 0. The van der Waals surface area contributed by atoms with E-state index in [1.54, 1.807) is 0 Å². The summed E-state index contributed by atoms with van der Waals surface area (Å²) in [6.45, 7) is 6.13. The summed E-state index contributed by atoms with van der Waals surface area (Å²) < 4.78 is 0. The first-order valence-electron chi connectivity index (χ1n) is 5.03. The molecule has 0 radical (unpaired) electrons. The van der Waals surface area contributed by atoms with Gasteiger partial charge in [0, 0.05) is 13.5 Å². The molecule has 0 saturated heterocycles. The Bertz CT molecular complexity index is 323. The van der Waals surface area contributed by atoms with Gasteiger partial charge in [-0.2, -0.15) is 0 Å². The molecule has 0 bridgehead atoms. The molecule has 1 N–H and O–H groups in total. The van der Waals surface area contributed by atoms with Crippen molar-refractivity contribution in [2.75, 3.05) is 5.32 Å². The van der Waals surface area contributed by atoms with Crippen LogP contribution in [0, 0.1) is 0 Å². The highest BCUT2D eigenvalue weighted by Gasteiger charge is 2.02. The molecule has 0 aliphatic heterocycles. The van der Waals surface area contributed by atoms with Gasteiger partial charge in [-0.15, -0.1) is 0 Å². The Balaban J connectivity index is 0.00000196. The molecular formula is C12H19NO. The second-order valence-electron chi connectivity index (χ2n) is 3.68. The van der Waals surface area contributed by atoms with Gasteiger partial charge in [0.05, 0.1) is 0 Å². The summed E-state index contributed by atoms with van der Waals surface area (Å²) in [6, 6.07) is 7.99. The third-order valence-corrected chi connectivity index (χ3v) is 2.16. The average Bonchev–Trinajstić information content (AvgIpc) is 2.18. The Morgan fingerprint density at radius 1 is 1.50 bits per heavy atom. The summed E-state index contributed by atoms with van der Waals surface area (Å²) in [5, 5.41) is 2.85. The Labute approximate surface area is 86.8 Å². The Hall–Kier alpha value is -1.31. The first-order valence-corrected chi connectivity index (χ1v) is 5.03. The van der Waals surface area contributed by atoms with E-state index in [9.17, 15) is 4.79 Å². The summed E-state index contributed by atoms with van der Waals surface area (Å²) in [5.41, 5.74) is 2.14. The highest BCUT2D eigenvalue weighted by atomic mass is 16.1. The van der Waals surface area contributed by atoms with Crippen LogP contribution in [0.15, 0.2) is 24.3 Å². The third kappa shape index (κ3) is 2.87. The van der Waals surface area contributed by atoms with Crippen molar-refractivity contribution < 1.29 is 6.22 Å². The molecule has 0 aliphatic carbocycles. The molecule has 2 nitrogen and oxygen atoms in total. The largest absolute Gasteiger partial charge is 0.326 e. The van der Waals surface area contributed by atoms with Crippen LogP contribution >= 0.6 is 0 Å². The fourth-order valence-corrected chi connectivity index (χ4v) is 1.22. The molecule has 0 spiro atoms. The van der Waals surface area contributed by atoms with Gasteiger partial charge in [0.25, 0.3) is 0 Å². The maximum absolute atomic E-state index is 11.2. The number of rotatable bonds is 3. The van der Waals surface area contributed by atoms with Crippen LogP contribution < -0.4 is 5.32 Å². The summed E-state index contributed by atoms with van der Waals surface area (Å²) in [7, 11) is 0. The number of amides is 1. The SMILES string of the molecule is CCC(=O)Nc1cccc(C(C)C)c1.[HH]. The zero-order valence-electron chi connectivity index (χ0n) is 9.00. The third-order valence-electron chi connectivity index (χ3n) is 2.16. The molecule has 1 aromatic carbocycles. The van der Waals surface area contributed by atoms with Crippen molar-refractivity contribution in [2.45, 2.75) is 33.1 Å². The lowest BCUT2D eigenvalue weighted by molar-refractivity contribution is -0.115. The highest BCUT2D eigenvalue weighted by Crippen LogP contribution is 2.18. The van der Waals surface area contributed by atoms with Gasteiger partial charge in [0.2, 0.25) is 5.91 Å². The predicted octanol–water partition coefficient (Wildman–Crippen LogP) is 3.40. The Morgan fingerprint density at radius 3 is 2.79 bits per heavy atom. The monoisotopic (exact) mass is 193 g/mol. The average molecular weight is 193 g/mol. The molecule has 0 aromatic heterocycles. The zero-order chi connectivity index (χ0) is 10.6. The van der Waals surface area contributed by atoms with E-state index in [2.05, 4.69) is 25.2 Å². The van der Waals surface area contributed by atoms with E-state index in [4.69, 9.17) is 0 Å². The van der Waals surface area contributed by atoms with E-state index in [0.717, 1.165) is 5.69 Å². The van der Waals surface area contributed by atoms with E-state index in [-0.39, 0.29) is 7.33 Å². The molecule has 0 aliphatic rings. The van der Waals surface area contributed by atoms with Gasteiger partial charge < -0.3 is 5.32 Å². The molecular weight excluding hydrogens is 174 g/mol. The lowest BCUT2D eigenvalue weighted by Crippen LogP contribution is -2.09. The number of carbonyl (C=O) groups is 1. The lowest BCUT2D eigenvalue weighted by atomic mass is 10.0. The van der Waals surface area contributed by atoms with Crippen molar-refractivity contribution in [3.05, 3.63) is 29.8 Å². The fraction of sp³-hybridized carbons (Fsp3) is 0.417. The second-order valence-corrected chi connectivity index (χ2v) is 3.68. The quantitative estimate of drug-likeness (QED) is 0.783. The van der Waals surface area contributed by atoms with Gasteiger partial charge in [-0.3, -0.25) is 4.79 Å². The van der Waals surface area contributed by atoms with Crippen LogP contribution in [-0.4, -0.2) is 5.91 Å². The normalized spacial score (nSPS) is 10.3. The molecule has 1 rings (SSSR count). The van der Waals surface area contributed by atoms with Crippen LogP contribution in [0.25, 0.3) is 0 Å². The molecule has 14 heavy (non-hydrogen) atoms. The number of hydrogen-bond acceptors (Lipinski definition) is 1. The van der Waals surface area contributed by atoms with Crippen molar-refractivity contribution in [3.63, 3.8) is 0 Å². The molecule has 0 atom stereocenters. The number of hydrogen-bond donors (Lipinski definition) is 1. The van der Waals surface area contributed by atoms with Gasteiger partial charge in [-0.1, -0.05) is 32.9 Å². The van der Waals surface area contributed by atoms with Crippen molar-refractivity contribution in [1.82, 2.24) is 0 Å². The minimum atomic E-state index is 0. The topological polar surface area (TPSA) is 29.1 Å². The summed E-state index contributed by atoms with van der Waals surface area (Å²) in [4.78, 5) is 11.2. The number of anilines is 1. The summed E-state index contributed by atoms with van der Waals surface area (Å²) >= 11 is 0. The summed E-state index contributed by atoms with van der Waals surface area (Å²) in [5.74, 6) is 0.555. The second kappa shape index (κ2) is 4.80. The molecule has 1 amide bonds. The summed E-state index contributed by atoms with van der Waals surface area (Å²) in [6.07, 6.45) is 0.520. The van der Waals surface area contributed by atoms with Gasteiger partial charge >= 0.3 is 0 Å². The molecule has 0 saturated carbocycles. The minimum Gasteiger partial charge on any atom is -0.326 e. The molecule has 78 valence electrons. The molecule has 0 unspecified atom stereocenters. The standard InChI is InChI=1S/C12H17NO.H2/c1-4-12(14)13-11-7-5-6-10(8-11)9(2)3;/h5-9H,4H2,1-3H3,(H,13,14);1H. The van der Waals surface area contributed by atoms with E-state index >= 15 is 0 Å². The lowest BCUT2D eigenvalue weighted by Gasteiger charge is -2.08. The van der Waals surface area contributed by atoms with Crippen LogP contribution in [0.3, 0.4) is 0 Å². The first kappa shape index (κ1) is 10.8. The maximum Gasteiger partial charge on any atom is 0.224 e. The van der Waals surface area contributed by atoms with Gasteiger partial charge in [0.15, 0.2) is 0 Å². The van der Waals surface area contributed by atoms with Crippen molar-refractivity contribution in [3.8, 4) is 0 Å². The molecule has 1 aromatic rings. The number of benzene rings is 1. The van der Waals surface area contributed by atoms with E-state index < -0.39 is 0 Å². The molecule has 0 heterocycles. The van der Waals surface area contributed by atoms with Crippen molar-refractivity contribution in [2.24, 2.45) is 0 Å². The highest BCUT2D eigenvalue weighted by molar-refractivity contribution is 5.90. The number of carbonyl (C=O) groups excluding carboxylic acids is 1. The molecule has 0 fully saturated rings. The Kier molecular flexibility index (Phi) is 3.69. The Morgan fingerprint density at radius 2 is 2.21 bits per heavy atom. The van der Waals surface area contributed by atoms with Crippen LogP contribution in [-0.2, 0) is 4.79 Å². The maximum atomic E-state index is 11.2. The van der Waals surface area contributed by atoms with E-state index in [0.29, 0.717) is 12.3 Å². The zero-order valence-corrected chi connectivity index (χ0v) is 9.00. The van der Waals surface area contributed by atoms with Crippen LogP contribution in [0.2, 0.25) is 0 Å². The number of nitrogens with one attached hydrogen (secondary N) is 1. The van der Waals surface area contributed by atoms with E-state index in [1.807, 2.05) is 25.1 Å². The first-order chi connectivity index (χ1) is 6.63. The van der Waals surface area contributed by atoms with E-state index in [1.165, 1.54) is 5.56 Å². The van der Waals surface area contributed by atoms with Gasteiger partial charge in [-0.05, 0) is 23.6 Å².